The van der Waals surface area contributed by atoms with E-state index in [-0.39, 0.29) is 31.4 Å². The van der Waals surface area contributed by atoms with Crippen LogP contribution in [0, 0.1) is 6.92 Å². The average Bonchev–Trinajstić information content (AvgIpc) is 2.50. The van der Waals surface area contributed by atoms with Crippen LogP contribution in [0.2, 0.25) is 5.02 Å². The van der Waals surface area contributed by atoms with Crippen molar-refractivity contribution in [3.8, 4) is 0 Å². The molecule has 1 aromatic carbocycles. The van der Waals surface area contributed by atoms with Gasteiger partial charge in [0.15, 0.2) is 5.96 Å². The average molecular weight is 379 g/mol. The molecule has 1 aromatic rings. The SMILES string of the molecule is CCNC(=NCCC(F)(F)F)NCCC(=O)Nc1cccc(Cl)c1C. The molecule has 0 aromatic heterocycles. The number of carbonyl (C=O) groups excluding carboxylic acids is 1. The van der Waals surface area contributed by atoms with E-state index in [9.17, 15) is 18.0 Å². The van der Waals surface area contributed by atoms with E-state index in [2.05, 4.69) is 20.9 Å². The minimum absolute atomic E-state index is 0.135. The van der Waals surface area contributed by atoms with Crippen LogP contribution in [0.3, 0.4) is 0 Å². The second-order valence-electron chi connectivity index (χ2n) is 5.26. The van der Waals surface area contributed by atoms with Gasteiger partial charge in [0.05, 0.1) is 13.0 Å². The number of anilines is 1. The predicted molar refractivity (Wildman–Crippen MR) is 94.1 cm³/mol. The number of guanidine groups is 1. The highest BCUT2D eigenvalue weighted by Crippen LogP contribution is 2.23. The van der Waals surface area contributed by atoms with Crippen LogP contribution in [0.5, 0.6) is 0 Å². The van der Waals surface area contributed by atoms with Crippen LogP contribution in [0.1, 0.15) is 25.3 Å². The van der Waals surface area contributed by atoms with E-state index >= 15 is 0 Å². The maximum absolute atomic E-state index is 12.1. The van der Waals surface area contributed by atoms with Crippen LogP contribution in [0.25, 0.3) is 0 Å². The Morgan fingerprint density at radius 1 is 1.28 bits per heavy atom. The fourth-order valence-corrected chi connectivity index (χ4v) is 2.06. The minimum Gasteiger partial charge on any atom is -0.357 e. The zero-order valence-corrected chi connectivity index (χ0v) is 14.9. The van der Waals surface area contributed by atoms with Crippen LogP contribution in [-0.4, -0.2) is 37.7 Å². The second-order valence-corrected chi connectivity index (χ2v) is 5.67. The summed E-state index contributed by atoms with van der Waals surface area (Å²) >= 11 is 5.99. The van der Waals surface area contributed by atoms with Gasteiger partial charge in [-0.3, -0.25) is 9.79 Å². The molecule has 1 rings (SSSR count). The topological polar surface area (TPSA) is 65.5 Å². The van der Waals surface area contributed by atoms with Gasteiger partial charge in [0, 0.05) is 30.2 Å². The van der Waals surface area contributed by atoms with Gasteiger partial charge in [0.2, 0.25) is 5.91 Å². The zero-order chi connectivity index (χ0) is 18.9. The summed E-state index contributed by atoms with van der Waals surface area (Å²) in [7, 11) is 0. The van der Waals surface area contributed by atoms with Crippen molar-refractivity contribution in [1.29, 1.82) is 0 Å². The van der Waals surface area contributed by atoms with E-state index in [0.29, 0.717) is 17.3 Å². The second kappa shape index (κ2) is 10.1. The summed E-state index contributed by atoms with van der Waals surface area (Å²) in [5, 5.41) is 8.97. The fraction of sp³-hybridized carbons (Fsp3) is 0.500. The molecule has 5 nitrogen and oxygen atoms in total. The molecule has 9 heteroatoms. The number of benzene rings is 1. The molecule has 0 spiro atoms. The molecule has 0 unspecified atom stereocenters. The zero-order valence-electron chi connectivity index (χ0n) is 14.1. The van der Waals surface area contributed by atoms with Crippen LogP contribution in [0.4, 0.5) is 18.9 Å². The highest BCUT2D eigenvalue weighted by molar-refractivity contribution is 6.31. The third-order valence-corrected chi connectivity index (χ3v) is 3.61. The molecule has 0 aliphatic heterocycles. The van der Waals surface area contributed by atoms with Gasteiger partial charge in [-0.2, -0.15) is 13.2 Å². The van der Waals surface area contributed by atoms with Gasteiger partial charge in [0.25, 0.3) is 0 Å². The first-order valence-corrected chi connectivity index (χ1v) is 8.24. The summed E-state index contributed by atoms with van der Waals surface area (Å²) in [4.78, 5) is 15.8. The van der Waals surface area contributed by atoms with Crippen molar-refractivity contribution in [1.82, 2.24) is 10.6 Å². The molecule has 0 saturated heterocycles. The molecular weight excluding hydrogens is 357 g/mol. The highest BCUT2D eigenvalue weighted by Gasteiger charge is 2.26. The van der Waals surface area contributed by atoms with E-state index in [1.165, 1.54) is 0 Å². The summed E-state index contributed by atoms with van der Waals surface area (Å²) in [6.07, 6.45) is -5.09. The number of nitrogens with one attached hydrogen (secondary N) is 3. The van der Waals surface area contributed by atoms with E-state index in [0.717, 1.165) is 5.56 Å². The van der Waals surface area contributed by atoms with Crippen LogP contribution >= 0.6 is 11.6 Å². The lowest BCUT2D eigenvalue weighted by Gasteiger charge is -2.12. The molecule has 0 bridgehead atoms. The molecule has 140 valence electrons. The summed E-state index contributed by atoms with van der Waals surface area (Å²) in [6, 6.07) is 5.21. The van der Waals surface area contributed by atoms with Crippen molar-refractivity contribution in [3.05, 3.63) is 28.8 Å². The van der Waals surface area contributed by atoms with Crippen LogP contribution in [-0.2, 0) is 4.79 Å². The lowest BCUT2D eigenvalue weighted by molar-refractivity contribution is -0.132. The number of halogens is 4. The minimum atomic E-state index is -4.24. The van der Waals surface area contributed by atoms with Crippen LogP contribution in [0.15, 0.2) is 23.2 Å². The lowest BCUT2D eigenvalue weighted by atomic mass is 10.2. The number of carbonyl (C=O) groups is 1. The van der Waals surface area contributed by atoms with Crippen LogP contribution < -0.4 is 16.0 Å². The van der Waals surface area contributed by atoms with Crippen molar-refractivity contribution >= 4 is 29.2 Å². The smallest absolute Gasteiger partial charge is 0.357 e. The van der Waals surface area contributed by atoms with Gasteiger partial charge in [-0.25, -0.2) is 0 Å². The third kappa shape index (κ3) is 8.62. The quantitative estimate of drug-likeness (QED) is 0.502. The Morgan fingerprint density at radius 3 is 2.64 bits per heavy atom. The van der Waals surface area contributed by atoms with Crippen molar-refractivity contribution in [2.24, 2.45) is 4.99 Å². The van der Waals surface area contributed by atoms with Crippen molar-refractivity contribution < 1.29 is 18.0 Å². The Kier molecular flexibility index (Phi) is 8.54. The maximum atomic E-state index is 12.1. The van der Waals surface area contributed by atoms with Gasteiger partial charge in [-0.05, 0) is 31.5 Å². The Bertz CT molecular complexity index is 606. The van der Waals surface area contributed by atoms with Crippen molar-refractivity contribution in [2.45, 2.75) is 32.9 Å². The van der Waals surface area contributed by atoms with E-state index < -0.39 is 12.6 Å². The molecule has 0 fully saturated rings. The number of hydrogen-bond donors (Lipinski definition) is 3. The molecule has 0 saturated carbocycles. The van der Waals surface area contributed by atoms with Crippen molar-refractivity contribution in [2.75, 3.05) is 25.0 Å². The Balaban J connectivity index is 2.45. The Labute approximate surface area is 150 Å². The monoisotopic (exact) mass is 378 g/mol. The van der Waals surface area contributed by atoms with E-state index in [1.54, 1.807) is 32.0 Å². The Hall–Kier alpha value is -1.96. The van der Waals surface area contributed by atoms with E-state index in [1.807, 2.05) is 0 Å². The number of nitrogens with zero attached hydrogens (tertiary/aromatic N) is 1. The molecule has 0 radical (unpaired) electrons. The first kappa shape index (κ1) is 21.1. The number of alkyl halides is 3. The molecule has 25 heavy (non-hydrogen) atoms. The first-order chi connectivity index (χ1) is 11.7. The maximum Gasteiger partial charge on any atom is 0.390 e. The van der Waals surface area contributed by atoms with Gasteiger partial charge in [-0.15, -0.1) is 0 Å². The lowest BCUT2D eigenvalue weighted by Crippen LogP contribution is -2.39. The number of amides is 1. The first-order valence-electron chi connectivity index (χ1n) is 7.87. The van der Waals surface area contributed by atoms with Gasteiger partial charge in [0.1, 0.15) is 0 Å². The molecule has 0 heterocycles. The predicted octanol–water partition coefficient (Wildman–Crippen LogP) is 3.48. The highest BCUT2D eigenvalue weighted by atomic mass is 35.5. The molecule has 0 aliphatic rings. The number of rotatable bonds is 7. The number of aliphatic imine (C=N–C) groups is 1. The van der Waals surface area contributed by atoms with Crippen molar-refractivity contribution in [3.63, 3.8) is 0 Å². The standard InChI is InChI=1S/C16H22ClF3N4O/c1-3-21-15(23-10-8-16(18,19)20)22-9-7-14(25)24-13-6-4-5-12(17)11(13)2/h4-6H,3,7-10H2,1-2H3,(H,24,25)(H2,21,22,23). The summed E-state index contributed by atoms with van der Waals surface area (Å²) < 4.78 is 36.4. The van der Waals surface area contributed by atoms with Gasteiger partial charge in [-0.1, -0.05) is 17.7 Å². The molecule has 1 amide bonds. The van der Waals surface area contributed by atoms with Gasteiger partial charge < -0.3 is 16.0 Å². The molecule has 3 N–H and O–H groups in total. The third-order valence-electron chi connectivity index (χ3n) is 3.20. The summed E-state index contributed by atoms with van der Waals surface area (Å²) in [6.45, 7) is 3.98. The molecule has 0 aliphatic carbocycles. The molecule has 0 atom stereocenters. The normalized spacial score (nSPS) is 12.0. The Morgan fingerprint density at radius 2 is 2.00 bits per heavy atom. The fourth-order valence-electron chi connectivity index (χ4n) is 1.89. The number of hydrogen-bond acceptors (Lipinski definition) is 2. The van der Waals surface area contributed by atoms with E-state index in [4.69, 9.17) is 11.6 Å². The largest absolute Gasteiger partial charge is 0.390 e. The molecular formula is C16H22ClF3N4O. The summed E-state index contributed by atoms with van der Waals surface area (Å²) in [5.41, 5.74) is 1.40. The summed E-state index contributed by atoms with van der Waals surface area (Å²) in [5.74, 6) is 0.0162. The van der Waals surface area contributed by atoms with Gasteiger partial charge >= 0.3 is 6.18 Å².